The second-order valence-corrected chi connectivity index (χ2v) is 5.48. The van der Waals surface area contributed by atoms with Crippen molar-refractivity contribution in [3.63, 3.8) is 0 Å². The molecule has 2 rings (SSSR count). The lowest BCUT2D eigenvalue weighted by Gasteiger charge is -2.21. The van der Waals surface area contributed by atoms with Crippen molar-refractivity contribution >= 4 is 18.3 Å². The van der Waals surface area contributed by atoms with Gasteiger partial charge in [0.2, 0.25) is 0 Å². The largest absolute Gasteiger partial charge is 0.497 e. The summed E-state index contributed by atoms with van der Waals surface area (Å²) in [6, 6.07) is 7.67. The average Bonchev–Trinajstić information content (AvgIpc) is 3.01. The SMILES string of the molecule is COc1cccc(COC(C)C(=O)N2CCC(CN)C2)c1.Cl. The lowest BCUT2D eigenvalue weighted by atomic mass is 10.1. The minimum Gasteiger partial charge on any atom is -0.497 e. The molecule has 2 unspecified atom stereocenters. The molecule has 1 aromatic rings. The molecule has 1 fully saturated rings. The highest BCUT2D eigenvalue weighted by atomic mass is 35.5. The summed E-state index contributed by atoms with van der Waals surface area (Å²) in [5.74, 6) is 1.27. The number of ether oxygens (including phenoxy) is 2. The van der Waals surface area contributed by atoms with Crippen LogP contribution < -0.4 is 10.5 Å². The highest BCUT2D eigenvalue weighted by Crippen LogP contribution is 2.18. The second-order valence-electron chi connectivity index (χ2n) is 5.48. The van der Waals surface area contributed by atoms with E-state index in [2.05, 4.69) is 0 Å². The Labute approximate surface area is 138 Å². The van der Waals surface area contributed by atoms with Gasteiger partial charge >= 0.3 is 0 Å². The number of nitrogens with two attached hydrogens (primary N) is 1. The van der Waals surface area contributed by atoms with Gasteiger partial charge < -0.3 is 20.1 Å². The summed E-state index contributed by atoms with van der Waals surface area (Å²) < 4.78 is 10.9. The first-order chi connectivity index (χ1) is 10.1. The van der Waals surface area contributed by atoms with Gasteiger partial charge in [-0.2, -0.15) is 0 Å². The van der Waals surface area contributed by atoms with Gasteiger partial charge in [0, 0.05) is 13.1 Å². The molecular formula is C16H25ClN2O3. The number of carbonyl (C=O) groups excluding carboxylic acids is 1. The number of likely N-dealkylation sites (tertiary alicyclic amines) is 1. The van der Waals surface area contributed by atoms with Crippen molar-refractivity contribution in [3.05, 3.63) is 29.8 Å². The Morgan fingerprint density at radius 3 is 2.91 bits per heavy atom. The van der Waals surface area contributed by atoms with Crippen molar-refractivity contribution in [2.45, 2.75) is 26.1 Å². The third-order valence-electron chi connectivity index (χ3n) is 3.91. The molecule has 0 aliphatic carbocycles. The molecule has 5 nitrogen and oxygen atoms in total. The van der Waals surface area contributed by atoms with E-state index in [1.54, 1.807) is 14.0 Å². The molecule has 0 bridgehead atoms. The number of halogens is 1. The van der Waals surface area contributed by atoms with Gasteiger partial charge in [-0.05, 0) is 43.5 Å². The van der Waals surface area contributed by atoms with Crippen molar-refractivity contribution < 1.29 is 14.3 Å². The average molecular weight is 329 g/mol. The van der Waals surface area contributed by atoms with E-state index in [0.29, 0.717) is 19.1 Å². The summed E-state index contributed by atoms with van der Waals surface area (Å²) in [4.78, 5) is 14.1. The number of nitrogens with zero attached hydrogens (tertiary/aromatic N) is 1. The van der Waals surface area contributed by atoms with E-state index >= 15 is 0 Å². The van der Waals surface area contributed by atoms with Crippen LogP contribution in [0, 0.1) is 5.92 Å². The second kappa shape index (κ2) is 8.98. The predicted octanol–water partition coefficient (Wildman–Crippen LogP) is 1.83. The fraction of sp³-hybridized carbons (Fsp3) is 0.562. The highest BCUT2D eigenvalue weighted by Gasteiger charge is 2.28. The maximum Gasteiger partial charge on any atom is 0.251 e. The van der Waals surface area contributed by atoms with Crippen LogP contribution in [-0.4, -0.2) is 43.7 Å². The summed E-state index contributed by atoms with van der Waals surface area (Å²) in [5.41, 5.74) is 6.65. The quantitative estimate of drug-likeness (QED) is 0.865. The molecule has 1 amide bonds. The number of hydrogen-bond donors (Lipinski definition) is 1. The molecule has 124 valence electrons. The topological polar surface area (TPSA) is 64.8 Å². The molecule has 0 radical (unpaired) electrons. The maximum absolute atomic E-state index is 12.3. The van der Waals surface area contributed by atoms with E-state index in [-0.39, 0.29) is 18.3 Å². The smallest absolute Gasteiger partial charge is 0.251 e. The highest BCUT2D eigenvalue weighted by molar-refractivity contribution is 5.85. The summed E-state index contributed by atoms with van der Waals surface area (Å²) in [7, 11) is 1.63. The number of hydrogen-bond acceptors (Lipinski definition) is 4. The number of amides is 1. The Bertz CT molecular complexity index is 484. The Hall–Kier alpha value is -1.30. The molecular weight excluding hydrogens is 304 g/mol. The molecule has 1 saturated heterocycles. The third kappa shape index (κ3) is 4.87. The lowest BCUT2D eigenvalue weighted by Crippen LogP contribution is -2.38. The van der Waals surface area contributed by atoms with Crippen LogP contribution in [0.25, 0.3) is 0 Å². The van der Waals surface area contributed by atoms with Gasteiger partial charge in [0.05, 0.1) is 13.7 Å². The van der Waals surface area contributed by atoms with Crippen molar-refractivity contribution in [1.82, 2.24) is 4.90 Å². The molecule has 1 aliphatic heterocycles. The molecule has 2 atom stereocenters. The lowest BCUT2D eigenvalue weighted by molar-refractivity contribution is -0.142. The van der Waals surface area contributed by atoms with E-state index in [0.717, 1.165) is 30.8 Å². The standard InChI is InChI=1S/C16H24N2O3.ClH/c1-12(16(19)18-7-6-14(9-17)10-18)21-11-13-4-3-5-15(8-13)20-2;/h3-5,8,12,14H,6-7,9-11,17H2,1-2H3;1H. The Morgan fingerprint density at radius 2 is 2.27 bits per heavy atom. The Kier molecular flexibility index (Phi) is 7.65. The molecule has 1 aromatic carbocycles. The van der Waals surface area contributed by atoms with Gasteiger partial charge in [-0.1, -0.05) is 12.1 Å². The first-order valence-electron chi connectivity index (χ1n) is 7.37. The van der Waals surface area contributed by atoms with Gasteiger partial charge in [-0.25, -0.2) is 0 Å². The molecule has 22 heavy (non-hydrogen) atoms. The zero-order valence-corrected chi connectivity index (χ0v) is 14.0. The van der Waals surface area contributed by atoms with E-state index < -0.39 is 6.10 Å². The third-order valence-corrected chi connectivity index (χ3v) is 3.91. The number of carbonyl (C=O) groups is 1. The fourth-order valence-electron chi connectivity index (χ4n) is 2.54. The normalized spacial score (nSPS) is 18.7. The van der Waals surface area contributed by atoms with Crippen molar-refractivity contribution in [1.29, 1.82) is 0 Å². The van der Waals surface area contributed by atoms with E-state index in [1.165, 1.54) is 0 Å². The number of rotatable bonds is 6. The molecule has 6 heteroatoms. The summed E-state index contributed by atoms with van der Waals surface area (Å²) in [6.45, 7) is 4.38. The minimum absolute atomic E-state index is 0. The van der Waals surface area contributed by atoms with Crippen LogP contribution in [0.3, 0.4) is 0 Å². The minimum atomic E-state index is -0.437. The number of benzene rings is 1. The Morgan fingerprint density at radius 1 is 1.50 bits per heavy atom. The monoisotopic (exact) mass is 328 g/mol. The van der Waals surface area contributed by atoms with Crippen LogP contribution in [0.2, 0.25) is 0 Å². The van der Waals surface area contributed by atoms with Crippen molar-refractivity contribution in [3.8, 4) is 5.75 Å². The van der Waals surface area contributed by atoms with Crippen LogP contribution >= 0.6 is 12.4 Å². The fourth-order valence-corrected chi connectivity index (χ4v) is 2.54. The molecule has 0 saturated carbocycles. The summed E-state index contributed by atoms with van der Waals surface area (Å²) in [6.07, 6.45) is 0.554. The van der Waals surface area contributed by atoms with Gasteiger partial charge in [0.25, 0.3) is 5.91 Å². The van der Waals surface area contributed by atoms with Gasteiger partial charge in [0.15, 0.2) is 0 Å². The Balaban J connectivity index is 0.00000242. The number of methoxy groups -OCH3 is 1. The van der Waals surface area contributed by atoms with Gasteiger partial charge in [-0.15, -0.1) is 12.4 Å². The zero-order chi connectivity index (χ0) is 15.2. The van der Waals surface area contributed by atoms with Gasteiger partial charge in [0.1, 0.15) is 11.9 Å². The van der Waals surface area contributed by atoms with E-state index in [9.17, 15) is 4.79 Å². The van der Waals surface area contributed by atoms with Crippen LogP contribution in [0.4, 0.5) is 0 Å². The van der Waals surface area contributed by atoms with Crippen LogP contribution in [0.15, 0.2) is 24.3 Å². The van der Waals surface area contributed by atoms with Gasteiger partial charge in [-0.3, -0.25) is 4.79 Å². The molecule has 1 heterocycles. The summed E-state index contributed by atoms with van der Waals surface area (Å²) in [5, 5.41) is 0. The maximum atomic E-state index is 12.3. The van der Waals surface area contributed by atoms with Crippen LogP contribution in [0.5, 0.6) is 5.75 Å². The first-order valence-corrected chi connectivity index (χ1v) is 7.37. The molecule has 0 spiro atoms. The van der Waals surface area contributed by atoms with E-state index in [1.807, 2.05) is 29.2 Å². The van der Waals surface area contributed by atoms with Crippen molar-refractivity contribution in [2.24, 2.45) is 11.7 Å². The molecule has 1 aliphatic rings. The molecule has 2 N–H and O–H groups in total. The molecule has 0 aromatic heterocycles. The zero-order valence-electron chi connectivity index (χ0n) is 13.2. The van der Waals surface area contributed by atoms with E-state index in [4.69, 9.17) is 15.2 Å². The first kappa shape index (κ1) is 18.7. The summed E-state index contributed by atoms with van der Waals surface area (Å²) >= 11 is 0. The predicted molar refractivity (Wildman–Crippen MR) is 88.2 cm³/mol. The van der Waals surface area contributed by atoms with Crippen LogP contribution in [0.1, 0.15) is 18.9 Å². The van der Waals surface area contributed by atoms with Crippen molar-refractivity contribution in [2.75, 3.05) is 26.7 Å². The van der Waals surface area contributed by atoms with Crippen LogP contribution in [-0.2, 0) is 16.1 Å².